The Hall–Kier alpha value is -3.91. The number of carbonyl (C=O) groups is 1. The largest absolute Gasteiger partial charge is 0.383 e. The van der Waals surface area contributed by atoms with Gasteiger partial charge in [-0.1, -0.05) is 11.6 Å². The van der Waals surface area contributed by atoms with Crippen molar-refractivity contribution < 1.29 is 4.79 Å². The molecule has 0 bridgehead atoms. The van der Waals surface area contributed by atoms with Gasteiger partial charge in [0, 0.05) is 71.5 Å². The van der Waals surface area contributed by atoms with Gasteiger partial charge in [0.05, 0.1) is 5.52 Å². The van der Waals surface area contributed by atoms with Crippen molar-refractivity contribution in [3.63, 3.8) is 0 Å². The lowest BCUT2D eigenvalue weighted by Crippen LogP contribution is -2.35. The zero-order valence-corrected chi connectivity index (χ0v) is 21.6. The highest BCUT2D eigenvalue weighted by molar-refractivity contribution is 6.31. The molecule has 5 rings (SSSR count). The maximum absolute atomic E-state index is 12.7. The van der Waals surface area contributed by atoms with E-state index < -0.39 is 0 Å². The SMILES string of the molecule is Cc1cc(NCCNc2ccnc3cc(Cl)ccc23)nc(Nc2ccc(C(=O)N3CCCCC3)cc2)n1. The van der Waals surface area contributed by atoms with Crippen LogP contribution in [0.3, 0.4) is 0 Å². The van der Waals surface area contributed by atoms with Gasteiger partial charge in [0.2, 0.25) is 5.95 Å². The monoisotopic (exact) mass is 515 g/mol. The standard InChI is InChI=1S/C28H30ClN7O/c1-19-17-26(32-14-13-31-24-11-12-30-25-18-21(29)7-10-23(24)25)35-28(33-19)34-22-8-5-20(6-9-22)27(37)36-15-3-2-4-16-36/h5-12,17-18H,2-4,13-16H2,1H3,(H,30,31)(H2,32,33,34,35). The van der Waals surface area contributed by atoms with Crippen LogP contribution in [0.5, 0.6) is 0 Å². The molecular formula is C28H30ClN7O. The molecule has 3 N–H and O–H groups in total. The second-order valence-corrected chi connectivity index (χ2v) is 9.58. The summed E-state index contributed by atoms with van der Waals surface area (Å²) in [4.78, 5) is 28.1. The molecule has 190 valence electrons. The van der Waals surface area contributed by atoms with Gasteiger partial charge >= 0.3 is 0 Å². The van der Waals surface area contributed by atoms with Crippen molar-refractivity contribution in [2.24, 2.45) is 0 Å². The molecule has 0 aliphatic carbocycles. The Morgan fingerprint density at radius 1 is 0.946 bits per heavy atom. The van der Waals surface area contributed by atoms with Crippen molar-refractivity contribution in [3.8, 4) is 0 Å². The Kier molecular flexibility index (Phi) is 7.65. The van der Waals surface area contributed by atoms with Gasteiger partial charge in [0.15, 0.2) is 0 Å². The number of rotatable bonds is 8. The van der Waals surface area contributed by atoms with Gasteiger partial charge < -0.3 is 20.9 Å². The minimum absolute atomic E-state index is 0.0988. The van der Waals surface area contributed by atoms with E-state index in [0.29, 0.717) is 29.6 Å². The van der Waals surface area contributed by atoms with Gasteiger partial charge in [0.1, 0.15) is 5.82 Å². The summed E-state index contributed by atoms with van der Waals surface area (Å²) in [6, 6.07) is 17.1. The van der Waals surface area contributed by atoms with Crippen LogP contribution < -0.4 is 16.0 Å². The number of halogens is 1. The van der Waals surface area contributed by atoms with Crippen molar-refractivity contribution in [3.05, 3.63) is 77.1 Å². The van der Waals surface area contributed by atoms with Crippen LogP contribution in [-0.2, 0) is 0 Å². The van der Waals surface area contributed by atoms with Crippen LogP contribution in [0.15, 0.2) is 60.8 Å². The fourth-order valence-corrected chi connectivity index (χ4v) is 4.65. The third-order valence-corrected chi connectivity index (χ3v) is 6.57. The third-order valence-electron chi connectivity index (χ3n) is 6.34. The first-order valence-corrected chi connectivity index (χ1v) is 13.0. The zero-order valence-electron chi connectivity index (χ0n) is 20.8. The summed E-state index contributed by atoms with van der Waals surface area (Å²) in [7, 11) is 0. The fraction of sp³-hybridized carbons (Fsp3) is 0.286. The normalized spacial score (nSPS) is 13.4. The Morgan fingerprint density at radius 2 is 1.73 bits per heavy atom. The Bertz CT molecular complexity index is 1390. The molecule has 4 aromatic rings. The number of amides is 1. The number of nitrogens with one attached hydrogen (secondary N) is 3. The second kappa shape index (κ2) is 11.4. The molecular weight excluding hydrogens is 486 g/mol. The van der Waals surface area contributed by atoms with E-state index in [1.807, 2.05) is 66.4 Å². The summed E-state index contributed by atoms with van der Waals surface area (Å²) in [6.45, 7) is 4.98. The molecule has 1 aliphatic heterocycles. The van der Waals surface area contributed by atoms with Crippen LogP contribution in [0.25, 0.3) is 10.9 Å². The number of hydrogen-bond acceptors (Lipinski definition) is 7. The van der Waals surface area contributed by atoms with E-state index in [1.54, 1.807) is 6.20 Å². The Morgan fingerprint density at radius 3 is 2.54 bits per heavy atom. The number of anilines is 4. The molecule has 2 aromatic heterocycles. The summed E-state index contributed by atoms with van der Waals surface area (Å²) in [5.41, 5.74) is 4.25. The van der Waals surface area contributed by atoms with Gasteiger partial charge in [-0.15, -0.1) is 0 Å². The number of fused-ring (bicyclic) bond motifs is 1. The van der Waals surface area contributed by atoms with Crippen molar-refractivity contribution in [1.82, 2.24) is 19.9 Å². The molecule has 0 radical (unpaired) electrons. The molecule has 8 nitrogen and oxygen atoms in total. The first-order valence-electron chi connectivity index (χ1n) is 12.6. The first-order chi connectivity index (χ1) is 18.0. The Balaban J connectivity index is 1.17. The highest BCUT2D eigenvalue weighted by atomic mass is 35.5. The topological polar surface area (TPSA) is 95.1 Å². The van der Waals surface area contributed by atoms with E-state index >= 15 is 0 Å². The molecule has 1 fully saturated rings. The van der Waals surface area contributed by atoms with Crippen molar-refractivity contribution in [1.29, 1.82) is 0 Å². The first kappa shape index (κ1) is 24.8. The van der Waals surface area contributed by atoms with E-state index in [2.05, 4.69) is 30.9 Å². The number of pyridine rings is 1. The van der Waals surface area contributed by atoms with Crippen LogP contribution in [0.4, 0.5) is 23.1 Å². The van der Waals surface area contributed by atoms with Crippen LogP contribution in [0.1, 0.15) is 35.3 Å². The Labute approximate surface area is 221 Å². The van der Waals surface area contributed by atoms with E-state index in [1.165, 1.54) is 6.42 Å². The maximum atomic E-state index is 12.7. The van der Waals surface area contributed by atoms with Crippen LogP contribution in [0.2, 0.25) is 5.02 Å². The summed E-state index contributed by atoms with van der Waals surface area (Å²) in [5.74, 6) is 1.34. The van der Waals surface area contributed by atoms with Crippen LogP contribution in [0, 0.1) is 6.92 Å². The summed E-state index contributed by atoms with van der Waals surface area (Å²) in [5, 5.41) is 11.8. The highest BCUT2D eigenvalue weighted by Crippen LogP contribution is 2.24. The molecule has 0 saturated carbocycles. The fourth-order valence-electron chi connectivity index (χ4n) is 4.48. The lowest BCUT2D eigenvalue weighted by atomic mass is 10.1. The summed E-state index contributed by atoms with van der Waals surface area (Å²) < 4.78 is 0. The van der Waals surface area contributed by atoms with E-state index in [-0.39, 0.29) is 5.91 Å². The van der Waals surface area contributed by atoms with Gasteiger partial charge in [-0.3, -0.25) is 9.78 Å². The maximum Gasteiger partial charge on any atom is 0.253 e. The number of benzene rings is 2. The smallest absolute Gasteiger partial charge is 0.253 e. The number of carbonyl (C=O) groups excluding carboxylic acids is 1. The number of aryl methyl sites for hydroxylation is 1. The molecule has 1 saturated heterocycles. The lowest BCUT2D eigenvalue weighted by Gasteiger charge is -2.26. The summed E-state index contributed by atoms with van der Waals surface area (Å²) >= 11 is 6.09. The van der Waals surface area contributed by atoms with Crippen LogP contribution in [-0.4, -0.2) is 51.9 Å². The van der Waals surface area contributed by atoms with E-state index in [4.69, 9.17) is 11.6 Å². The minimum atomic E-state index is 0.0988. The van der Waals surface area contributed by atoms with Crippen molar-refractivity contribution in [2.45, 2.75) is 26.2 Å². The van der Waals surface area contributed by atoms with Crippen molar-refractivity contribution in [2.75, 3.05) is 42.1 Å². The van der Waals surface area contributed by atoms with Gasteiger partial charge in [-0.25, -0.2) is 4.98 Å². The average molecular weight is 516 g/mol. The molecule has 0 atom stereocenters. The predicted octanol–water partition coefficient (Wildman–Crippen LogP) is 5.88. The zero-order chi connectivity index (χ0) is 25.6. The summed E-state index contributed by atoms with van der Waals surface area (Å²) in [6.07, 6.45) is 5.14. The average Bonchev–Trinajstić information content (AvgIpc) is 2.91. The third kappa shape index (κ3) is 6.27. The molecule has 1 aliphatic rings. The molecule has 9 heteroatoms. The second-order valence-electron chi connectivity index (χ2n) is 9.15. The molecule has 37 heavy (non-hydrogen) atoms. The minimum Gasteiger partial charge on any atom is -0.383 e. The number of likely N-dealkylation sites (tertiary alicyclic amines) is 1. The predicted molar refractivity (Wildman–Crippen MR) is 150 cm³/mol. The lowest BCUT2D eigenvalue weighted by molar-refractivity contribution is 0.0724. The van der Waals surface area contributed by atoms with Crippen molar-refractivity contribution >= 4 is 51.6 Å². The highest BCUT2D eigenvalue weighted by Gasteiger charge is 2.18. The van der Waals surface area contributed by atoms with Gasteiger partial charge in [-0.05, 0) is 74.7 Å². The number of hydrogen-bond donors (Lipinski definition) is 3. The van der Waals surface area contributed by atoms with Crippen LogP contribution >= 0.6 is 11.6 Å². The van der Waals surface area contributed by atoms with Gasteiger partial charge in [-0.2, -0.15) is 4.98 Å². The number of piperidine rings is 1. The molecule has 1 amide bonds. The molecule has 0 unspecified atom stereocenters. The van der Waals surface area contributed by atoms with E-state index in [0.717, 1.165) is 59.7 Å². The van der Waals surface area contributed by atoms with Gasteiger partial charge in [0.25, 0.3) is 5.91 Å². The molecule has 0 spiro atoms. The molecule has 2 aromatic carbocycles. The quantitative estimate of drug-likeness (QED) is 0.252. The molecule has 3 heterocycles. The number of nitrogens with zero attached hydrogens (tertiary/aromatic N) is 4. The number of aromatic nitrogens is 3. The van der Waals surface area contributed by atoms with E-state index in [9.17, 15) is 4.79 Å².